The average molecular weight is 422 g/mol. The minimum absolute atomic E-state index is 0.0660. The number of nitro benzene ring substituents is 1. The number of nitro groups is 1. The zero-order valence-corrected chi connectivity index (χ0v) is 16.5. The molecule has 154 valence electrons. The van der Waals surface area contributed by atoms with Crippen LogP contribution in [0.25, 0.3) is 16.7 Å². The molecule has 1 aliphatic carbocycles. The second kappa shape index (κ2) is 6.49. The molecule has 6 rings (SSSR count). The van der Waals surface area contributed by atoms with Crippen LogP contribution >= 0.6 is 0 Å². The molecule has 0 bridgehead atoms. The number of carbonyl (C=O) groups is 1. The normalized spacial score (nSPS) is 16.4. The van der Waals surface area contributed by atoms with Crippen LogP contribution in [0.5, 0.6) is 0 Å². The molecule has 0 amide bonds. The number of allylic oxidation sites excluding steroid dienone is 1. The van der Waals surface area contributed by atoms with E-state index in [0.29, 0.717) is 39.2 Å². The fraction of sp³-hybridized carbons (Fsp3) is 0.0400. The Morgan fingerprint density at radius 3 is 2.31 bits per heavy atom. The highest BCUT2D eigenvalue weighted by Gasteiger charge is 2.42. The van der Waals surface area contributed by atoms with E-state index in [1.165, 1.54) is 12.1 Å². The van der Waals surface area contributed by atoms with E-state index in [1.54, 1.807) is 36.4 Å². The SMILES string of the molecule is O=C1C2=C(Nc3c(c(=O)oc4ccccc34)C2c2ccc([N+](=O)[O-])cc2)c2ccccc21. The molecule has 3 aromatic carbocycles. The highest BCUT2D eigenvalue weighted by Crippen LogP contribution is 2.49. The smallest absolute Gasteiger partial charge is 0.342 e. The van der Waals surface area contributed by atoms with Crippen LogP contribution in [0.1, 0.15) is 33.0 Å². The van der Waals surface area contributed by atoms with Crippen molar-refractivity contribution >= 4 is 33.8 Å². The van der Waals surface area contributed by atoms with Gasteiger partial charge in [0.1, 0.15) is 5.58 Å². The van der Waals surface area contributed by atoms with E-state index in [4.69, 9.17) is 4.42 Å². The minimum atomic E-state index is -0.720. The summed E-state index contributed by atoms with van der Waals surface area (Å²) in [6.45, 7) is 0. The lowest BCUT2D eigenvalue weighted by Crippen LogP contribution is -2.25. The third-order valence-electron chi connectivity index (χ3n) is 6.07. The molecular weight excluding hydrogens is 408 g/mol. The lowest BCUT2D eigenvalue weighted by atomic mass is 9.80. The first kappa shape index (κ1) is 18.3. The number of fused-ring (bicyclic) bond motifs is 5. The van der Waals surface area contributed by atoms with E-state index in [1.807, 2.05) is 24.3 Å². The van der Waals surface area contributed by atoms with Gasteiger partial charge < -0.3 is 9.73 Å². The van der Waals surface area contributed by atoms with Crippen LogP contribution in [-0.2, 0) is 0 Å². The first-order chi connectivity index (χ1) is 15.5. The Morgan fingerprint density at radius 1 is 0.875 bits per heavy atom. The number of nitrogens with zero attached hydrogens (tertiary/aromatic N) is 1. The first-order valence-electron chi connectivity index (χ1n) is 10.00. The first-order valence-corrected chi connectivity index (χ1v) is 10.00. The Kier molecular flexibility index (Phi) is 3.70. The second-order valence-corrected chi connectivity index (χ2v) is 7.74. The topological polar surface area (TPSA) is 102 Å². The number of benzene rings is 3. The number of hydrogen-bond acceptors (Lipinski definition) is 6. The molecule has 1 N–H and O–H groups in total. The molecular formula is C25H14N2O5. The molecule has 7 nitrogen and oxygen atoms in total. The van der Waals surface area contributed by atoms with E-state index >= 15 is 0 Å². The van der Waals surface area contributed by atoms with Gasteiger partial charge in [-0.2, -0.15) is 0 Å². The number of para-hydroxylation sites is 1. The summed E-state index contributed by atoms with van der Waals surface area (Å²) in [5.74, 6) is -0.896. The van der Waals surface area contributed by atoms with Crippen molar-refractivity contribution in [2.45, 2.75) is 5.92 Å². The number of Topliss-reactive ketones (excluding diaryl/α,β-unsaturated/α-hetero) is 1. The summed E-state index contributed by atoms with van der Waals surface area (Å²) in [6, 6.07) is 20.4. The maximum absolute atomic E-state index is 13.4. The molecule has 7 heteroatoms. The zero-order chi connectivity index (χ0) is 22.0. The number of anilines is 1. The molecule has 1 unspecified atom stereocenters. The van der Waals surface area contributed by atoms with E-state index in [9.17, 15) is 19.7 Å². The van der Waals surface area contributed by atoms with E-state index < -0.39 is 16.5 Å². The van der Waals surface area contributed by atoms with Crippen LogP contribution in [-0.4, -0.2) is 10.7 Å². The molecule has 1 atom stereocenters. The van der Waals surface area contributed by atoms with Crippen LogP contribution in [0, 0.1) is 10.1 Å². The maximum atomic E-state index is 13.4. The molecule has 2 aliphatic rings. The fourth-order valence-corrected chi connectivity index (χ4v) is 4.67. The molecule has 2 heterocycles. The van der Waals surface area contributed by atoms with Crippen molar-refractivity contribution in [1.29, 1.82) is 0 Å². The Morgan fingerprint density at radius 2 is 1.56 bits per heavy atom. The van der Waals surface area contributed by atoms with Gasteiger partial charge >= 0.3 is 5.63 Å². The molecule has 1 aliphatic heterocycles. The summed E-state index contributed by atoms with van der Waals surface area (Å²) >= 11 is 0. The Labute approximate surface area is 180 Å². The third kappa shape index (κ3) is 2.42. The van der Waals surface area contributed by atoms with Crippen molar-refractivity contribution in [2.24, 2.45) is 0 Å². The summed E-state index contributed by atoms with van der Waals surface area (Å²) < 4.78 is 5.60. The molecule has 32 heavy (non-hydrogen) atoms. The lowest BCUT2D eigenvalue weighted by molar-refractivity contribution is -0.384. The standard InChI is InChI=1S/C25H14N2O5/c28-24-16-6-2-1-5-15(16)22-20(24)19(13-9-11-14(12-10-13)27(30)31)21-23(26-22)17-7-3-4-8-18(17)32-25(21)29/h1-12,19,26H. The summed E-state index contributed by atoms with van der Waals surface area (Å²) in [5.41, 5.74) is 3.74. The lowest BCUT2D eigenvalue weighted by Gasteiger charge is -2.28. The average Bonchev–Trinajstić information content (AvgIpc) is 3.10. The fourth-order valence-electron chi connectivity index (χ4n) is 4.67. The van der Waals surface area contributed by atoms with Crippen molar-refractivity contribution in [3.05, 3.63) is 121 Å². The van der Waals surface area contributed by atoms with Crippen LogP contribution in [0.2, 0.25) is 0 Å². The molecule has 4 aromatic rings. The van der Waals surface area contributed by atoms with Crippen molar-refractivity contribution < 1.29 is 14.1 Å². The Balaban J connectivity index is 1.68. The van der Waals surface area contributed by atoms with Gasteiger partial charge in [0, 0.05) is 40.1 Å². The molecule has 0 spiro atoms. The summed E-state index contributed by atoms with van der Waals surface area (Å²) in [4.78, 5) is 37.2. The predicted octanol–water partition coefficient (Wildman–Crippen LogP) is 4.87. The molecule has 0 radical (unpaired) electrons. The third-order valence-corrected chi connectivity index (χ3v) is 6.07. The van der Waals surface area contributed by atoms with Gasteiger partial charge in [-0.3, -0.25) is 14.9 Å². The largest absolute Gasteiger partial charge is 0.422 e. The summed E-state index contributed by atoms with van der Waals surface area (Å²) in [5, 5.41) is 15.2. The highest BCUT2D eigenvalue weighted by atomic mass is 16.6. The Hall–Kier alpha value is -4.52. The number of nitrogens with one attached hydrogen (secondary N) is 1. The molecule has 1 aromatic heterocycles. The van der Waals surface area contributed by atoms with E-state index in [-0.39, 0.29) is 11.5 Å². The van der Waals surface area contributed by atoms with Gasteiger partial charge in [-0.25, -0.2) is 4.79 Å². The van der Waals surface area contributed by atoms with Crippen LogP contribution < -0.4 is 10.9 Å². The number of ketones is 1. The predicted molar refractivity (Wildman–Crippen MR) is 119 cm³/mol. The van der Waals surface area contributed by atoms with E-state index in [0.717, 1.165) is 10.9 Å². The zero-order valence-electron chi connectivity index (χ0n) is 16.5. The van der Waals surface area contributed by atoms with Gasteiger partial charge in [-0.1, -0.05) is 48.5 Å². The minimum Gasteiger partial charge on any atom is -0.422 e. The van der Waals surface area contributed by atoms with Gasteiger partial charge in [0.2, 0.25) is 0 Å². The van der Waals surface area contributed by atoms with Crippen LogP contribution in [0.15, 0.2) is 87.6 Å². The van der Waals surface area contributed by atoms with Gasteiger partial charge in [0.15, 0.2) is 5.78 Å². The van der Waals surface area contributed by atoms with Crippen LogP contribution in [0.3, 0.4) is 0 Å². The number of non-ortho nitro benzene ring substituents is 1. The highest BCUT2D eigenvalue weighted by molar-refractivity contribution is 6.24. The molecule has 0 saturated heterocycles. The Bertz CT molecular complexity index is 1560. The van der Waals surface area contributed by atoms with Crippen molar-refractivity contribution in [3.8, 4) is 0 Å². The van der Waals surface area contributed by atoms with Crippen molar-refractivity contribution in [2.75, 3.05) is 5.32 Å². The summed E-state index contributed by atoms with van der Waals surface area (Å²) in [7, 11) is 0. The van der Waals surface area contributed by atoms with Crippen molar-refractivity contribution in [1.82, 2.24) is 0 Å². The monoisotopic (exact) mass is 422 g/mol. The molecule has 0 saturated carbocycles. The van der Waals surface area contributed by atoms with Crippen LogP contribution in [0.4, 0.5) is 11.4 Å². The van der Waals surface area contributed by atoms with Crippen molar-refractivity contribution in [3.63, 3.8) is 0 Å². The number of hydrogen-bond donors (Lipinski definition) is 1. The van der Waals surface area contributed by atoms with Gasteiger partial charge in [-0.05, 0) is 17.7 Å². The maximum Gasteiger partial charge on any atom is 0.342 e. The summed E-state index contributed by atoms with van der Waals surface area (Å²) in [6.07, 6.45) is 0. The number of rotatable bonds is 2. The number of carbonyl (C=O) groups excluding carboxylic acids is 1. The quantitative estimate of drug-likeness (QED) is 0.281. The van der Waals surface area contributed by atoms with Gasteiger partial charge in [0.25, 0.3) is 5.69 Å². The molecule has 0 fully saturated rings. The van der Waals surface area contributed by atoms with E-state index in [2.05, 4.69) is 5.32 Å². The second-order valence-electron chi connectivity index (χ2n) is 7.74. The van der Waals surface area contributed by atoms with Gasteiger partial charge in [0.05, 0.1) is 21.9 Å². The van der Waals surface area contributed by atoms with Gasteiger partial charge in [-0.15, -0.1) is 0 Å².